The Morgan fingerprint density at radius 2 is 2.27 bits per heavy atom. The van der Waals surface area contributed by atoms with Gasteiger partial charge < -0.3 is 10.2 Å². The van der Waals surface area contributed by atoms with Crippen molar-refractivity contribution in [3.63, 3.8) is 0 Å². The summed E-state index contributed by atoms with van der Waals surface area (Å²) in [5.74, 6) is -0.189. The fourth-order valence-electron chi connectivity index (χ4n) is 2.11. The van der Waals surface area contributed by atoms with E-state index < -0.39 is 6.10 Å². The van der Waals surface area contributed by atoms with Crippen LogP contribution in [0.3, 0.4) is 0 Å². The Morgan fingerprint density at radius 1 is 1.45 bits per heavy atom. The maximum absolute atomic E-state index is 12.3. The van der Waals surface area contributed by atoms with Gasteiger partial charge in [0.1, 0.15) is 5.71 Å². The summed E-state index contributed by atoms with van der Waals surface area (Å²) in [6.07, 6.45) is -0.152. The van der Waals surface area contributed by atoms with Crippen molar-refractivity contribution in [2.75, 3.05) is 5.32 Å². The van der Waals surface area contributed by atoms with Gasteiger partial charge in [0.2, 0.25) is 6.10 Å². The van der Waals surface area contributed by atoms with Crippen molar-refractivity contribution in [2.45, 2.75) is 19.4 Å². The normalized spacial score (nSPS) is 17.0. The lowest BCUT2D eigenvalue weighted by Crippen LogP contribution is -2.28. The van der Waals surface area contributed by atoms with E-state index in [0.29, 0.717) is 10.8 Å². The zero-order chi connectivity index (χ0) is 15.7. The molecule has 4 nitrogen and oxygen atoms in total. The molecule has 2 heterocycles. The first kappa shape index (κ1) is 15.8. The second-order valence-corrected chi connectivity index (χ2v) is 7.85. The van der Waals surface area contributed by atoms with Crippen LogP contribution in [-0.4, -0.2) is 17.7 Å². The molecule has 1 aromatic carbocycles. The summed E-state index contributed by atoms with van der Waals surface area (Å²) in [7, 11) is 0. The first-order valence-electron chi connectivity index (χ1n) is 6.58. The van der Waals surface area contributed by atoms with Gasteiger partial charge in [-0.1, -0.05) is 16.8 Å². The van der Waals surface area contributed by atoms with Crippen LogP contribution in [0.5, 0.6) is 0 Å². The average Bonchev–Trinajstić information content (AvgIpc) is 3.10. The number of nitrogens with one attached hydrogen (secondary N) is 1. The topological polar surface area (TPSA) is 50.7 Å². The molecule has 1 atom stereocenters. The van der Waals surface area contributed by atoms with Crippen LogP contribution in [0, 0.1) is 10.5 Å². The molecule has 0 saturated heterocycles. The highest BCUT2D eigenvalue weighted by atomic mass is 127. The van der Waals surface area contributed by atoms with Crippen molar-refractivity contribution in [1.82, 2.24) is 0 Å². The quantitative estimate of drug-likeness (QED) is 0.709. The van der Waals surface area contributed by atoms with Crippen LogP contribution in [0.1, 0.15) is 16.9 Å². The predicted molar refractivity (Wildman–Crippen MR) is 97.9 cm³/mol. The summed E-state index contributed by atoms with van der Waals surface area (Å²) < 4.78 is 1.82. The van der Waals surface area contributed by atoms with Crippen molar-refractivity contribution >= 4 is 62.8 Å². The number of carbonyl (C=O) groups excluding carboxylic acids is 1. The molecule has 1 aromatic heterocycles. The molecule has 2 aromatic rings. The Hall–Kier alpha value is -1.12. The monoisotopic (exact) mass is 446 g/mol. The summed E-state index contributed by atoms with van der Waals surface area (Å²) in [5, 5.41) is 6.90. The van der Waals surface area contributed by atoms with Crippen LogP contribution in [0.4, 0.5) is 5.69 Å². The Bertz CT molecular complexity index is 760. The number of aryl methyl sites for hydroxylation is 1. The number of thiophene rings is 1. The lowest BCUT2D eigenvalue weighted by molar-refractivity contribution is -0.125. The first-order chi connectivity index (χ1) is 10.5. The van der Waals surface area contributed by atoms with Crippen molar-refractivity contribution in [3.8, 4) is 0 Å². The van der Waals surface area contributed by atoms with Gasteiger partial charge in [-0.05, 0) is 65.4 Å². The molecule has 1 unspecified atom stereocenters. The molecule has 1 aliphatic rings. The molecule has 0 spiro atoms. The minimum Gasteiger partial charge on any atom is -0.382 e. The van der Waals surface area contributed by atoms with Crippen molar-refractivity contribution in [1.29, 1.82) is 0 Å². The van der Waals surface area contributed by atoms with E-state index in [1.807, 2.05) is 37.3 Å². The maximum atomic E-state index is 12.3. The van der Waals surface area contributed by atoms with Crippen LogP contribution >= 0.6 is 45.5 Å². The fraction of sp³-hybridized carbons (Fsp3) is 0.200. The third-order valence-electron chi connectivity index (χ3n) is 3.27. The Kier molecular flexibility index (Phi) is 4.70. The number of oxime groups is 1. The van der Waals surface area contributed by atoms with Gasteiger partial charge in [-0.15, -0.1) is 11.3 Å². The van der Waals surface area contributed by atoms with Gasteiger partial charge in [0.25, 0.3) is 5.91 Å². The summed E-state index contributed by atoms with van der Waals surface area (Å²) in [4.78, 5) is 18.5. The molecule has 22 heavy (non-hydrogen) atoms. The number of benzene rings is 1. The molecule has 0 bridgehead atoms. The van der Waals surface area contributed by atoms with Gasteiger partial charge >= 0.3 is 0 Å². The largest absolute Gasteiger partial charge is 0.382 e. The third kappa shape index (κ3) is 3.44. The summed E-state index contributed by atoms with van der Waals surface area (Å²) >= 11 is 9.59. The molecule has 1 N–H and O–H groups in total. The van der Waals surface area contributed by atoms with Crippen LogP contribution < -0.4 is 5.32 Å². The van der Waals surface area contributed by atoms with E-state index in [2.05, 4.69) is 33.1 Å². The standard InChI is InChI=1S/C15H12ClIN2O2S/c1-8-6-9(17)2-3-10(8)18-15(20)12-7-11(19-21-12)13-4-5-14(16)22-13/h2-6,12H,7H2,1H3,(H,18,20). The SMILES string of the molecule is Cc1cc(I)ccc1NC(=O)C1CC(c2ccc(Cl)s2)=NO1. The van der Waals surface area contributed by atoms with Gasteiger partial charge in [-0.25, -0.2) is 0 Å². The molecule has 7 heteroatoms. The highest BCUT2D eigenvalue weighted by Crippen LogP contribution is 2.27. The minimum atomic E-state index is -0.602. The van der Waals surface area contributed by atoms with Crippen molar-refractivity contribution in [2.24, 2.45) is 5.16 Å². The number of halogens is 2. The number of anilines is 1. The van der Waals surface area contributed by atoms with E-state index in [1.165, 1.54) is 11.3 Å². The Morgan fingerprint density at radius 3 is 2.95 bits per heavy atom. The maximum Gasteiger partial charge on any atom is 0.268 e. The van der Waals surface area contributed by atoms with Gasteiger partial charge in [0, 0.05) is 15.7 Å². The number of amides is 1. The van der Waals surface area contributed by atoms with Crippen molar-refractivity contribution in [3.05, 3.63) is 48.7 Å². The molecule has 1 amide bonds. The third-order valence-corrected chi connectivity index (χ3v) is 5.22. The van der Waals surface area contributed by atoms with E-state index in [-0.39, 0.29) is 5.91 Å². The molecule has 3 rings (SSSR count). The van der Waals surface area contributed by atoms with E-state index in [1.54, 1.807) is 0 Å². The van der Waals surface area contributed by atoms with Crippen molar-refractivity contribution < 1.29 is 9.63 Å². The molecular formula is C15H12ClIN2O2S. The number of hydrogen-bond donors (Lipinski definition) is 1. The van der Waals surface area contributed by atoms with E-state index in [9.17, 15) is 4.79 Å². The molecule has 1 aliphatic heterocycles. The number of hydrogen-bond acceptors (Lipinski definition) is 4. The van der Waals surface area contributed by atoms with E-state index in [0.717, 1.165) is 25.4 Å². The molecule has 0 aliphatic carbocycles. The smallest absolute Gasteiger partial charge is 0.268 e. The summed E-state index contributed by atoms with van der Waals surface area (Å²) in [6.45, 7) is 1.96. The highest BCUT2D eigenvalue weighted by Gasteiger charge is 2.29. The second-order valence-electron chi connectivity index (χ2n) is 4.89. The van der Waals surface area contributed by atoms with Gasteiger partial charge in [-0.2, -0.15) is 0 Å². The zero-order valence-corrected chi connectivity index (χ0v) is 15.3. The molecule has 0 radical (unpaired) electrons. The van der Waals surface area contributed by atoms with Crippen LogP contribution in [0.15, 0.2) is 35.5 Å². The van der Waals surface area contributed by atoms with Crippen LogP contribution in [0.2, 0.25) is 4.34 Å². The highest BCUT2D eigenvalue weighted by molar-refractivity contribution is 14.1. The lowest BCUT2D eigenvalue weighted by atomic mass is 10.1. The van der Waals surface area contributed by atoms with Gasteiger partial charge in [-0.3, -0.25) is 4.79 Å². The second kappa shape index (κ2) is 6.55. The molecule has 0 saturated carbocycles. The molecular weight excluding hydrogens is 435 g/mol. The van der Waals surface area contributed by atoms with Crippen LogP contribution in [0.25, 0.3) is 0 Å². The van der Waals surface area contributed by atoms with E-state index in [4.69, 9.17) is 16.4 Å². The number of carbonyl (C=O) groups is 1. The number of nitrogens with zero attached hydrogens (tertiary/aromatic N) is 1. The van der Waals surface area contributed by atoms with Gasteiger partial charge in [0.05, 0.1) is 9.21 Å². The lowest BCUT2D eigenvalue weighted by Gasteiger charge is -2.11. The average molecular weight is 447 g/mol. The number of rotatable bonds is 3. The Balaban J connectivity index is 1.65. The zero-order valence-electron chi connectivity index (χ0n) is 11.6. The molecule has 114 valence electrons. The fourth-order valence-corrected chi connectivity index (χ4v) is 3.79. The first-order valence-corrected chi connectivity index (χ1v) is 8.85. The van der Waals surface area contributed by atoms with E-state index >= 15 is 0 Å². The predicted octanol–water partition coefficient (Wildman–Crippen LogP) is 4.45. The molecule has 0 fully saturated rings. The summed E-state index contributed by atoms with van der Waals surface area (Å²) in [5.41, 5.74) is 2.57. The summed E-state index contributed by atoms with van der Waals surface area (Å²) in [6, 6.07) is 9.56. The minimum absolute atomic E-state index is 0.189. The van der Waals surface area contributed by atoms with Crippen LogP contribution in [-0.2, 0) is 9.63 Å². The van der Waals surface area contributed by atoms with Gasteiger partial charge in [0.15, 0.2) is 0 Å². The Labute approximate surface area is 150 Å².